The van der Waals surface area contributed by atoms with Crippen molar-refractivity contribution < 1.29 is 22.8 Å². The number of carbonyl (C=O) groups excluding carboxylic acids is 2. The lowest BCUT2D eigenvalue weighted by Crippen LogP contribution is -2.53. The maximum Gasteiger partial charge on any atom is 0.416 e. The number of para-hydroxylation sites is 1. The van der Waals surface area contributed by atoms with Gasteiger partial charge < -0.3 is 25.1 Å². The predicted molar refractivity (Wildman–Crippen MR) is 201 cm³/mol. The fraction of sp³-hybridized carbons (Fsp3) is 0.472. The lowest BCUT2D eigenvalue weighted by molar-refractivity contribution is -0.138. The lowest BCUT2D eigenvalue weighted by Gasteiger charge is -2.37. The Morgan fingerprint density at radius 1 is 1.00 bits per heavy atom. The summed E-state index contributed by atoms with van der Waals surface area (Å²) in [5.41, 5.74) is 5.42. The Bertz CT molecular complexity index is 2020. The van der Waals surface area contributed by atoms with E-state index in [1.54, 1.807) is 32.4 Å². The molecule has 0 bridgehead atoms. The number of hydrogen-bond donors (Lipinski definition) is 2. The van der Waals surface area contributed by atoms with Crippen molar-refractivity contribution in [3.63, 3.8) is 0 Å². The van der Waals surface area contributed by atoms with Gasteiger partial charge in [-0.15, -0.1) is 0 Å². The molecular formula is C36H45F3N10O3S. The van der Waals surface area contributed by atoms with Crippen LogP contribution in [0.1, 0.15) is 52.5 Å². The van der Waals surface area contributed by atoms with E-state index in [2.05, 4.69) is 27.6 Å². The number of fused-ring (bicyclic) bond motifs is 1. The van der Waals surface area contributed by atoms with Crippen LogP contribution in [0.5, 0.6) is 0 Å². The molecule has 1 saturated carbocycles. The zero-order valence-electron chi connectivity index (χ0n) is 30.4. The Balaban J connectivity index is 1.27. The molecule has 2 aliphatic carbocycles. The van der Waals surface area contributed by atoms with E-state index in [-0.39, 0.29) is 36.7 Å². The second-order valence-electron chi connectivity index (χ2n) is 13.6. The first-order chi connectivity index (χ1) is 25.3. The van der Waals surface area contributed by atoms with Crippen molar-refractivity contribution in [2.24, 2.45) is 10.1 Å². The number of carbonyl (C=O) groups is 2. The maximum absolute atomic E-state index is 14.2. The van der Waals surface area contributed by atoms with Crippen LogP contribution >= 0.6 is 11.9 Å². The highest BCUT2D eigenvalue weighted by atomic mass is 32.2. The summed E-state index contributed by atoms with van der Waals surface area (Å²) in [4.78, 5) is 51.7. The van der Waals surface area contributed by atoms with Gasteiger partial charge in [-0.05, 0) is 81.6 Å². The van der Waals surface area contributed by atoms with Crippen molar-refractivity contribution in [3.8, 4) is 0 Å². The standard InChI is InChI=1S/C36H45F3N10O3S/c1-6-30-32(46-17-19-47(20-18-46)33(51)26-9-7-8-10-29(26)43-45(5)53-23-11-12-23)34(52)49(40-2)35(41-22-44(3)4)48(30)21-31(50)42-28-16-15-27(36(37,38)39)24-13-14-25(24)28/h7-10,15-16,23,43H,2,6,11-14,17-22H2,1,3-5H3,(H,42,50)/b41-35-. The van der Waals surface area contributed by atoms with Gasteiger partial charge in [-0.25, -0.2) is 4.99 Å². The molecule has 2 aromatic carbocycles. The molecule has 13 nitrogen and oxygen atoms in total. The Morgan fingerprint density at radius 3 is 2.30 bits per heavy atom. The van der Waals surface area contributed by atoms with Gasteiger partial charge in [0.05, 0.1) is 29.2 Å². The summed E-state index contributed by atoms with van der Waals surface area (Å²) >= 11 is 1.71. The zero-order valence-corrected chi connectivity index (χ0v) is 31.2. The van der Waals surface area contributed by atoms with E-state index >= 15 is 0 Å². The van der Waals surface area contributed by atoms with Gasteiger partial charge in [-0.3, -0.25) is 19.3 Å². The largest absolute Gasteiger partial charge is 0.416 e. The van der Waals surface area contributed by atoms with E-state index in [1.165, 1.54) is 18.9 Å². The smallest absolute Gasteiger partial charge is 0.362 e. The van der Waals surface area contributed by atoms with E-state index in [9.17, 15) is 27.6 Å². The average molecular weight is 755 g/mol. The molecule has 0 atom stereocenters. The highest BCUT2D eigenvalue weighted by Gasteiger charge is 2.37. The highest BCUT2D eigenvalue weighted by Crippen LogP contribution is 2.41. The molecule has 2 amide bonds. The summed E-state index contributed by atoms with van der Waals surface area (Å²) in [6.45, 7) is 6.77. The number of anilines is 3. The number of halogens is 3. The van der Waals surface area contributed by atoms with Gasteiger partial charge >= 0.3 is 6.18 Å². The van der Waals surface area contributed by atoms with E-state index in [0.717, 1.165) is 10.7 Å². The van der Waals surface area contributed by atoms with Crippen molar-refractivity contribution in [3.05, 3.63) is 80.3 Å². The summed E-state index contributed by atoms with van der Waals surface area (Å²) in [5.74, 6) is -0.620. The van der Waals surface area contributed by atoms with Gasteiger partial charge in [-0.2, -0.15) is 27.4 Å². The topological polar surface area (TPSA) is 123 Å². The van der Waals surface area contributed by atoms with E-state index in [1.807, 2.05) is 55.6 Å². The van der Waals surface area contributed by atoms with Crippen LogP contribution in [-0.2, 0) is 36.8 Å². The quantitative estimate of drug-likeness (QED) is 0.153. The molecule has 1 aromatic heterocycles. The second kappa shape index (κ2) is 15.8. The Kier molecular flexibility index (Phi) is 11.4. The monoisotopic (exact) mass is 754 g/mol. The van der Waals surface area contributed by atoms with E-state index in [4.69, 9.17) is 0 Å². The molecule has 0 unspecified atom stereocenters. The van der Waals surface area contributed by atoms with Crippen molar-refractivity contribution in [1.82, 2.24) is 23.5 Å². The number of nitrogens with zero attached hydrogens (tertiary/aromatic N) is 8. The normalized spacial score (nSPS) is 16.1. The first kappa shape index (κ1) is 38.1. The maximum atomic E-state index is 14.2. The van der Waals surface area contributed by atoms with Crippen LogP contribution in [-0.4, -0.2) is 101 Å². The highest BCUT2D eigenvalue weighted by molar-refractivity contribution is 7.97. The number of rotatable bonds is 13. The summed E-state index contributed by atoms with van der Waals surface area (Å²) < 4.78 is 45.3. The van der Waals surface area contributed by atoms with Gasteiger partial charge in [0.15, 0.2) is 0 Å². The number of aromatic nitrogens is 2. The van der Waals surface area contributed by atoms with E-state index in [0.29, 0.717) is 78.2 Å². The number of hydrogen-bond acceptors (Lipinski definition) is 10. The molecular weight excluding hydrogens is 710 g/mol. The van der Waals surface area contributed by atoms with Crippen molar-refractivity contribution in [1.29, 1.82) is 0 Å². The summed E-state index contributed by atoms with van der Waals surface area (Å²) in [6, 6.07) is 9.70. The minimum Gasteiger partial charge on any atom is -0.362 e. The summed E-state index contributed by atoms with van der Waals surface area (Å²) in [6.07, 6.45) is -1.06. The summed E-state index contributed by atoms with van der Waals surface area (Å²) in [7, 11) is 5.55. The second-order valence-corrected chi connectivity index (χ2v) is 15.0. The molecule has 2 fully saturated rings. The van der Waals surface area contributed by atoms with Crippen LogP contribution in [0.15, 0.2) is 51.3 Å². The molecule has 3 aromatic rings. The van der Waals surface area contributed by atoms with Crippen LogP contribution in [0.2, 0.25) is 0 Å². The minimum absolute atomic E-state index is 0.109. The molecule has 2 N–H and O–H groups in total. The minimum atomic E-state index is -4.48. The van der Waals surface area contributed by atoms with Crippen molar-refractivity contribution >= 4 is 47.5 Å². The van der Waals surface area contributed by atoms with Crippen molar-refractivity contribution in [2.75, 3.05) is 69.6 Å². The van der Waals surface area contributed by atoms with Crippen LogP contribution in [0.3, 0.4) is 0 Å². The zero-order chi connectivity index (χ0) is 38.0. The molecule has 1 aliphatic heterocycles. The van der Waals surface area contributed by atoms with Crippen LogP contribution in [0, 0.1) is 0 Å². The first-order valence-electron chi connectivity index (χ1n) is 17.6. The molecule has 6 rings (SSSR count). The fourth-order valence-corrected chi connectivity index (χ4v) is 7.67. The van der Waals surface area contributed by atoms with Crippen molar-refractivity contribution in [2.45, 2.75) is 57.0 Å². The molecule has 53 heavy (non-hydrogen) atoms. The number of hydrazine groups is 1. The van der Waals surface area contributed by atoms with Gasteiger partial charge in [-0.1, -0.05) is 31.0 Å². The lowest BCUT2D eigenvalue weighted by atomic mass is 9.83. The number of nitrogens with one attached hydrogen (secondary N) is 2. The SMILES string of the molecule is C=Nn1c(=O)c(N2CCN(C(=O)c3ccccc3NN(C)SC3CC3)CC2)c(CC)n(CC(=O)Nc2ccc(C(F)(F)F)c3c2CC3)/c1=N/CN(C)C. The summed E-state index contributed by atoms with van der Waals surface area (Å²) in [5, 5.41) is 7.41. The first-order valence-corrected chi connectivity index (χ1v) is 18.5. The van der Waals surface area contributed by atoms with Gasteiger partial charge in [0, 0.05) is 50.9 Å². The molecule has 0 spiro atoms. The van der Waals surface area contributed by atoms with Gasteiger partial charge in [0.2, 0.25) is 11.5 Å². The van der Waals surface area contributed by atoms with E-state index < -0.39 is 23.2 Å². The van der Waals surface area contributed by atoms with Gasteiger partial charge in [0.1, 0.15) is 12.2 Å². The number of benzene rings is 2. The average Bonchev–Trinajstić information content (AvgIpc) is 3.91. The molecule has 1 saturated heterocycles. The fourth-order valence-electron chi connectivity index (χ4n) is 6.72. The van der Waals surface area contributed by atoms with Crippen LogP contribution < -0.4 is 26.8 Å². The third kappa shape index (κ3) is 8.31. The number of piperazine rings is 1. The Morgan fingerprint density at radius 2 is 1.70 bits per heavy atom. The van der Waals surface area contributed by atoms with Crippen LogP contribution in [0.4, 0.5) is 30.2 Å². The molecule has 0 radical (unpaired) electrons. The van der Waals surface area contributed by atoms with Crippen LogP contribution in [0.25, 0.3) is 0 Å². The third-order valence-corrected chi connectivity index (χ3v) is 10.7. The number of alkyl halides is 3. The number of amides is 2. The van der Waals surface area contributed by atoms with Gasteiger partial charge in [0.25, 0.3) is 11.5 Å². The molecule has 17 heteroatoms. The molecule has 2 heterocycles. The Hall–Kier alpha value is -4.61. The third-order valence-electron chi connectivity index (χ3n) is 9.48. The molecule has 3 aliphatic rings. The molecule has 284 valence electrons. The predicted octanol–water partition coefficient (Wildman–Crippen LogP) is 3.88. The Labute approximate surface area is 310 Å².